The molecule has 6 heteroatoms. The van der Waals surface area contributed by atoms with Crippen molar-refractivity contribution in [3.8, 4) is 5.75 Å². The second-order valence-corrected chi connectivity index (χ2v) is 4.20. The minimum atomic E-state index is -1.64. The van der Waals surface area contributed by atoms with Gasteiger partial charge in [0.25, 0.3) is 0 Å². The molecule has 2 aromatic rings. The van der Waals surface area contributed by atoms with Gasteiger partial charge in [0.05, 0.1) is 0 Å². The molecule has 21 heavy (non-hydrogen) atoms. The topological polar surface area (TPSA) is 43.4 Å². The summed E-state index contributed by atoms with van der Waals surface area (Å²) >= 11 is 0. The molecule has 0 spiro atoms. The van der Waals surface area contributed by atoms with Crippen molar-refractivity contribution in [3.63, 3.8) is 0 Å². The number of hydrogen-bond donors (Lipinski definition) is 0. The van der Waals surface area contributed by atoms with E-state index in [0.717, 1.165) is 0 Å². The minimum absolute atomic E-state index is 0.0548. The summed E-state index contributed by atoms with van der Waals surface area (Å²) in [5.74, 6) is -5.71. The highest BCUT2D eigenvalue weighted by Gasteiger charge is 2.17. The lowest BCUT2D eigenvalue weighted by Gasteiger charge is -2.05. The maximum atomic E-state index is 13.1. The van der Waals surface area contributed by atoms with Gasteiger partial charge in [0.15, 0.2) is 23.2 Å². The van der Waals surface area contributed by atoms with Crippen LogP contribution in [-0.2, 0) is 4.79 Å². The number of esters is 1. The molecule has 0 aliphatic carbocycles. The molecule has 3 nitrogen and oxygen atoms in total. The number of rotatable bonds is 3. The van der Waals surface area contributed by atoms with Gasteiger partial charge in [-0.3, -0.25) is 9.59 Å². The van der Waals surface area contributed by atoms with E-state index >= 15 is 0 Å². The predicted octanol–water partition coefficient (Wildman–Crippen LogP) is 3.26. The average molecular weight is 294 g/mol. The first kappa shape index (κ1) is 14.8. The molecule has 0 aliphatic heterocycles. The van der Waals surface area contributed by atoms with Crippen molar-refractivity contribution >= 4 is 11.8 Å². The average Bonchev–Trinajstić information content (AvgIpc) is 2.43. The third kappa shape index (κ3) is 3.28. The Kier molecular flexibility index (Phi) is 4.07. The lowest BCUT2D eigenvalue weighted by atomic mass is 10.0. The second-order valence-electron chi connectivity index (χ2n) is 4.20. The van der Waals surface area contributed by atoms with Crippen LogP contribution in [0.1, 0.15) is 22.8 Å². The zero-order chi connectivity index (χ0) is 15.6. The molecule has 0 saturated carbocycles. The van der Waals surface area contributed by atoms with E-state index in [1.54, 1.807) is 0 Å². The monoisotopic (exact) mass is 294 g/mol. The summed E-state index contributed by atoms with van der Waals surface area (Å²) in [6, 6.07) is 6.75. The quantitative estimate of drug-likeness (QED) is 0.378. The van der Waals surface area contributed by atoms with Crippen LogP contribution in [0.2, 0.25) is 0 Å². The number of hydrogen-bond acceptors (Lipinski definition) is 3. The van der Waals surface area contributed by atoms with Crippen LogP contribution in [0.4, 0.5) is 13.2 Å². The molecule has 2 aromatic carbocycles. The third-order valence-electron chi connectivity index (χ3n) is 2.60. The summed E-state index contributed by atoms with van der Waals surface area (Å²) in [5, 5.41) is 0. The van der Waals surface area contributed by atoms with Crippen LogP contribution in [0.25, 0.3) is 0 Å². The zero-order valence-corrected chi connectivity index (χ0v) is 10.8. The lowest BCUT2D eigenvalue weighted by molar-refractivity contribution is -0.131. The van der Waals surface area contributed by atoms with E-state index < -0.39 is 29.2 Å². The Labute approximate surface area is 118 Å². The van der Waals surface area contributed by atoms with E-state index in [1.807, 2.05) is 0 Å². The Morgan fingerprint density at radius 3 is 2.14 bits per heavy atom. The normalized spacial score (nSPS) is 10.3. The summed E-state index contributed by atoms with van der Waals surface area (Å²) in [7, 11) is 0. The van der Waals surface area contributed by atoms with Crippen LogP contribution < -0.4 is 4.74 Å². The molecule has 108 valence electrons. The molecule has 0 atom stereocenters. The smallest absolute Gasteiger partial charge is 0.308 e. The summed E-state index contributed by atoms with van der Waals surface area (Å²) in [6.45, 7) is 1.19. The lowest BCUT2D eigenvalue weighted by Crippen LogP contribution is -2.06. The van der Waals surface area contributed by atoms with E-state index in [1.165, 1.54) is 31.2 Å². The Bertz CT molecular complexity index is 703. The Morgan fingerprint density at radius 1 is 0.952 bits per heavy atom. The van der Waals surface area contributed by atoms with Crippen molar-refractivity contribution in [1.82, 2.24) is 0 Å². The fraction of sp³-hybridized carbons (Fsp3) is 0.0667. The summed E-state index contributed by atoms with van der Waals surface area (Å²) in [4.78, 5) is 22.9. The molecule has 0 aromatic heterocycles. The Hall–Kier alpha value is -2.63. The zero-order valence-electron chi connectivity index (χ0n) is 10.8. The van der Waals surface area contributed by atoms with Crippen LogP contribution >= 0.6 is 0 Å². The SMILES string of the molecule is CC(=O)Oc1cccc(C(=O)c2cc(F)c(F)c(F)c2)c1. The first-order valence-corrected chi connectivity index (χ1v) is 5.86. The van der Waals surface area contributed by atoms with E-state index in [9.17, 15) is 22.8 Å². The van der Waals surface area contributed by atoms with Gasteiger partial charge >= 0.3 is 5.97 Å². The molecule has 0 unspecified atom stereocenters. The van der Waals surface area contributed by atoms with Gasteiger partial charge in [0.1, 0.15) is 5.75 Å². The maximum absolute atomic E-state index is 13.1. The number of halogens is 3. The maximum Gasteiger partial charge on any atom is 0.308 e. The second kappa shape index (κ2) is 5.78. The highest BCUT2D eigenvalue weighted by Crippen LogP contribution is 2.20. The first-order valence-electron chi connectivity index (χ1n) is 5.86. The molecule has 2 rings (SSSR count). The number of benzene rings is 2. The molecule has 0 saturated heterocycles. The van der Waals surface area contributed by atoms with E-state index in [-0.39, 0.29) is 16.9 Å². The number of carbonyl (C=O) groups excluding carboxylic acids is 2. The third-order valence-corrected chi connectivity index (χ3v) is 2.60. The van der Waals surface area contributed by atoms with Crippen molar-refractivity contribution in [2.24, 2.45) is 0 Å². The molecule has 0 radical (unpaired) electrons. The summed E-state index contributed by atoms with van der Waals surface area (Å²) in [6.07, 6.45) is 0. The van der Waals surface area contributed by atoms with Crippen molar-refractivity contribution in [2.45, 2.75) is 6.92 Å². The summed E-state index contributed by atoms with van der Waals surface area (Å²) in [5.41, 5.74) is -0.287. The van der Waals surface area contributed by atoms with Gasteiger partial charge in [-0.15, -0.1) is 0 Å². The van der Waals surface area contributed by atoms with Gasteiger partial charge < -0.3 is 4.74 Å². The van der Waals surface area contributed by atoms with Crippen molar-refractivity contribution in [3.05, 3.63) is 65.0 Å². The highest BCUT2D eigenvalue weighted by molar-refractivity contribution is 6.09. The molecular formula is C15H9F3O3. The van der Waals surface area contributed by atoms with Gasteiger partial charge in [-0.1, -0.05) is 12.1 Å². The molecule has 0 fully saturated rings. The molecule has 0 amide bonds. The van der Waals surface area contributed by atoms with Crippen molar-refractivity contribution in [1.29, 1.82) is 0 Å². The Morgan fingerprint density at radius 2 is 1.57 bits per heavy atom. The Balaban J connectivity index is 2.38. The van der Waals surface area contributed by atoms with Crippen molar-refractivity contribution < 1.29 is 27.5 Å². The van der Waals surface area contributed by atoms with Gasteiger partial charge in [-0.25, -0.2) is 13.2 Å². The van der Waals surface area contributed by atoms with E-state index in [2.05, 4.69) is 0 Å². The molecule has 0 aliphatic rings. The fourth-order valence-electron chi connectivity index (χ4n) is 1.72. The van der Waals surface area contributed by atoms with Crippen LogP contribution in [0, 0.1) is 17.5 Å². The predicted molar refractivity (Wildman–Crippen MR) is 67.5 cm³/mol. The summed E-state index contributed by atoms with van der Waals surface area (Å²) < 4.78 is 43.9. The number of carbonyl (C=O) groups is 2. The highest BCUT2D eigenvalue weighted by atomic mass is 19.2. The fourth-order valence-corrected chi connectivity index (χ4v) is 1.72. The van der Waals surface area contributed by atoms with Gasteiger partial charge in [-0.05, 0) is 24.3 Å². The van der Waals surface area contributed by atoms with Crippen LogP contribution in [-0.4, -0.2) is 11.8 Å². The molecular weight excluding hydrogens is 285 g/mol. The largest absolute Gasteiger partial charge is 0.427 e. The van der Waals surface area contributed by atoms with Gasteiger partial charge in [0, 0.05) is 18.1 Å². The molecule has 0 heterocycles. The van der Waals surface area contributed by atoms with E-state index in [4.69, 9.17) is 4.74 Å². The van der Waals surface area contributed by atoms with Crippen LogP contribution in [0.15, 0.2) is 36.4 Å². The van der Waals surface area contributed by atoms with Crippen molar-refractivity contribution in [2.75, 3.05) is 0 Å². The first-order chi connectivity index (χ1) is 9.88. The number of ether oxygens (including phenoxy) is 1. The van der Waals surface area contributed by atoms with E-state index in [0.29, 0.717) is 12.1 Å². The van der Waals surface area contributed by atoms with Gasteiger partial charge in [0.2, 0.25) is 0 Å². The molecule has 0 bridgehead atoms. The van der Waals surface area contributed by atoms with Gasteiger partial charge in [-0.2, -0.15) is 0 Å². The molecule has 0 N–H and O–H groups in total. The van der Waals surface area contributed by atoms with Crippen LogP contribution in [0.5, 0.6) is 5.75 Å². The number of ketones is 1. The standard InChI is InChI=1S/C15H9F3O3/c1-8(19)21-11-4-2-3-9(5-11)15(20)10-6-12(16)14(18)13(17)7-10/h2-7H,1H3. The van der Waals surface area contributed by atoms with Crippen LogP contribution in [0.3, 0.4) is 0 Å². The minimum Gasteiger partial charge on any atom is -0.427 e.